The Morgan fingerprint density at radius 1 is 1.09 bits per heavy atom. The third kappa shape index (κ3) is 3.79. The van der Waals surface area contributed by atoms with Crippen LogP contribution in [0.2, 0.25) is 0 Å². The van der Waals surface area contributed by atoms with E-state index in [0.29, 0.717) is 34.5 Å². The van der Waals surface area contributed by atoms with E-state index in [9.17, 15) is 9.59 Å². The molecule has 0 spiro atoms. The first-order chi connectivity index (χ1) is 16.1. The van der Waals surface area contributed by atoms with Crippen LogP contribution in [0.25, 0.3) is 26.9 Å². The molecule has 0 aliphatic heterocycles. The van der Waals surface area contributed by atoms with Crippen molar-refractivity contribution in [2.24, 2.45) is 0 Å². The largest absolute Gasteiger partial charge is 0.288 e. The zero-order chi connectivity index (χ0) is 22.9. The van der Waals surface area contributed by atoms with Crippen LogP contribution in [0.15, 0.2) is 58.5 Å². The highest BCUT2D eigenvalue weighted by Crippen LogP contribution is 2.29. The Labute approximate surface area is 197 Å². The second-order valence-electron chi connectivity index (χ2n) is 7.48. The first-order valence-corrected chi connectivity index (χ1v) is 12.6. The number of thiazole rings is 1. The smallest absolute Gasteiger partial charge is 0.262 e. The summed E-state index contributed by atoms with van der Waals surface area (Å²) < 4.78 is 4.58. The lowest BCUT2D eigenvalue weighted by Gasteiger charge is -2.17. The Hall–Kier alpha value is -3.24. The average molecular weight is 479 g/mol. The lowest BCUT2D eigenvalue weighted by atomic mass is 10.2. The molecule has 5 aromatic rings. The van der Waals surface area contributed by atoms with E-state index in [4.69, 9.17) is 0 Å². The van der Waals surface area contributed by atoms with Crippen molar-refractivity contribution in [1.29, 1.82) is 0 Å². The van der Waals surface area contributed by atoms with Crippen LogP contribution in [0.1, 0.15) is 20.3 Å². The van der Waals surface area contributed by atoms with Crippen LogP contribution in [0.3, 0.4) is 0 Å². The number of hydrogen-bond acceptors (Lipinski definition) is 7. The number of para-hydroxylation sites is 2. The number of hydrogen-bond donors (Lipinski definition) is 0. The molecule has 33 heavy (non-hydrogen) atoms. The zero-order valence-corrected chi connectivity index (χ0v) is 19.9. The van der Waals surface area contributed by atoms with Crippen molar-refractivity contribution in [1.82, 2.24) is 24.1 Å². The summed E-state index contributed by atoms with van der Waals surface area (Å²) >= 11 is 2.83. The number of carbonyl (C=O) groups excluding carboxylic acids is 1. The molecular weight excluding hydrogens is 456 g/mol. The maximum atomic E-state index is 13.1. The second kappa shape index (κ2) is 8.95. The molecule has 0 radical (unpaired) electrons. The van der Waals surface area contributed by atoms with E-state index in [1.54, 1.807) is 9.47 Å². The van der Waals surface area contributed by atoms with Crippen LogP contribution in [-0.2, 0) is 11.3 Å². The number of thioether (sulfide) groups is 1. The van der Waals surface area contributed by atoms with Gasteiger partial charge in [0.1, 0.15) is 0 Å². The number of rotatable bonds is 7. The molecule has 3 heterocycles. The van der Waals surface area contributed by atoms with Crippen molar-refractivity contribution in [2.75, 3.05) is 17.2 Å². The number of carbonyl (C=O) groups is 1. The quantitative estimate of drug-likeness (QED) is 0.326. The highest BCUT2D eigenvalue weighted by atomic mass is 32.2. The minimum Gasteiger partial charge on any atom is -0.288 e. The van der Waals surface area contributed by atoms with Gasteiger partial charge in [-0.25, -0.2) is 4.98 Å². The standard InChI is InChI=1S/C23H22N6O2S2/c1-3-13-28-20(31)15-9-5-7-11-17(15)29-21(28)25-26-23(29)32-14-19(30)27(4-2)22-24-16-10-6-8-12-18(16)33-22/h5-12H,3-4,13-14H2,1-2H3. The van der Waals surface area contributed by atoms with Gasteiger partial charge in [-0.2, -0.15) is 0 Å². The molecule has 0 N–H and O–H groups in total. The Morgan fingerprint density at radius 2 is 1.88 bits per heavy atom. The maximum absolute atomic E-state index is 13.1. The zero-order valence-electron chi connectivity index (χ0n) is 18.3. The van der Waals surface area contributed by atoms with Gasteiger partial charge in [-0.3, -0.25) is 23.5 Å². The molecule has 0 unspecified atom stereocenters. The summed E-state index contributed by atoms with van der Waals surface area (Å²) in [4.78, 5) is 32.4. The molecule has 0 atom stereocenters. The summed E-state index contributed by atoms with van der Waals surface area (Å²) in [7, 11) is 0. The van der Waals surface area contributed by atoms with Crippen LogP contribution < -0.4 is 10.5 Å². The number of anilines is 1. The lowest BCUT2D eigenvalue weighted by molar-refractivity contribution is -0.116. The molecule has 0 aliphatic carbocycles. The van der Waals surface area contributed by atoms with Crippen molar-refractivity contribution in [3.05, 3.63) is 58.9 Å². The van der Waals surface area contributed by atoms with Gasteiger partial charge in [-0.1, -0.05) is 54.3 Å². The van der Waals surface area contributed by atoms with Crippen molar-refractivity contribution < 1.29 is 4.79 Å². The minimum atomic E-state index is -0.0760. The van der Waals surface area contributed by atoms with Gasteiger partial charge in [0.15, 0.2) is 10.3 Å². The number of benzene rings is 2. The Balaban J connectivity index is 1.48. The lowest BCUT2D eigenvalue weighted by Crippen LogP contribution is -2.32. The maximum Gasteiger partial charge on any atom is 0.262 e. The van der Waals surface area contributed by atoms with Gasteiger partial charge in [0.05, 0.1) is 26.9 Å². The summed E-state index contributed by atoms with van der Waals surface area (Å²) in [5.41, 5.74) is 1.55. The molecule has 5 rings (SSSR count). The van der Waals surface area contributed by atoms with E-state index >= 15 is 0 Å². The fourth-order valence-corrected chi connectivity index (χ4v) is 5.71. The Kier molecular flexibility index (Phi) is 5.86. The molecular formula is C23H22N6O2S2. The molecule has 168 valence electrons. The molecule has 0 fully saturated rings. The normalized spacial score (nSPS) is 11.6. The van der Waals surface area contributed by atoms with E-state index in [1.165, 1.54) is 23.1 Å². The van der Waals surface area contributed by atoms with Gasteiger partial charge >= 0.3 is 0 Å². The number of amides is 1. The third-order valence-corrected chi connectivity index (χ3v) is 7.35. The minimum absolute atomic E-state index is 0.0514. The van der Waals surface area contributed by atoms with Gasteiger partial charge < -0.3 is 0 Å². The van der Waals surface area contributed by atoms with Crippen LogP contribution in [0.5, 0.6) is 0 Å². The molecule has 2 aromatic carbocycles. The molecule has 0 saturated carbocycles. The highest BCUT2D eigenvalue weighted by molar-refractivity contribution is 7.99. The van der Waals surface area contributed by atoms with Crippen LogP contribution in [0.4, 0.5) is 5.13 Å². The molecule has 1 amide bonds. The fourth-order valence-electron chi connectivity index (χ4n) is 3.85. The van der Waals surface area contributed by atoms with Crippen molar-refractivity contribution in [3.8, 4) is 0 Å². The molecule has 8 nitrogen and oxygen atoms in total. The van der Waals surface area contributed by atoms with Gasteiger partial charge in [-0.15, -0.1) is 10.2 Å². The van der Waals surface area contributed by atoms with E-state index in [0.717, 1.165) is 22.2 Å². The summed E-state index contributed by atoms with van der Waals surface area (Å²) in [6, 6.07) is 15.3. The predicted octanol–water partition coefficient (Wildman–Crippen LogP) is 4.21. The average Bonchev–Trinajstić information content (AvgIpc) is 3.45. The first kappa shape index (κ1) is 21.6. The molecule has 0 bridgehead atoms. The predicted molar refractivity (Wildman–Crippen MR) is 133 cm³/mol. The van der Waals surface area contributed by atoms with E-state index in [-0.39, 0.29) is 17.2 Å². The third-order valence-electron chi connectivity index (χ3n) is 5.38. The van der Waals surface area contributed by atoms with E-state index in [1.807, 2.05) is 66.8 Å². The van der Waals surface area contributed by atoms with Crippen LogP contribution in [0, 0.1) is 0 Å². The van der Waals surface area contributed by atoms with Crippen molar-refractivity contribution >= 4 is 61.0 Å². The van der Waals surface area contributed by atoms with Crippen LogP contribution >= 0.6 is 23.1 Å². The Bertz CT molecular complexity index is 1500. The number of fused-ring (bicyclic) bond motifs is 4. The number of aromatic nitrogens is 5. The van der Waals surface area contributed by atoms with E-state index in [2.05, 4.69) is 15.2 Å². The van der Waals surface area contributed by atoms with Gasteiger partial charge in [0.2, 0.25) is 11.7 Å². The molecule has 0 saturated heterocycles. The monoisotopic (exact) mass is 478 g/mol. The number of aryl methyl sites for hydroxylation is 1. The van der Waals surface area contributed by atoms with Crippen LogP contribution in [-0.4, -0.2) is 42.4 Å². The van der Waals surface area contributed by atoms with Gasteiger partial charge in [-0.05, 0) is 37.6 Å². The fraction of sp³-hybridized carbons (Fsp3) is 0.261. The van der Waals surface area contributed by atoms with Crippen molar-refractivity contribution in [3.63, 3.8) is 0 Å². The summed E-state index contributed by atoms with van der Waals surface area (Å²) in [5.74, 6) is 0.629. The van der Waals surface area contributed by atoms with E-state index < -0.39 is 0 Å². The van der Waals surface area contributed by atoms with Gasteiger partial charge in [0, 0.05) is 13.1 Å². The molecule has 3 aromatic heterocycles. The second-order valence-corrected chi connectivity index (χ2v) is 9.43. The highest BCUT2D eigenvalue weighted by Gasteiger charge is 2.21. The Morgan fingerprint density at radius 3 is 2.67 bits per heavy atom. The van der Waals surface area contributed by atoms with Gasteiger partial charge in [0.25, 0.3) is 5.56 Å². The summed E-state index contributed by atoms with van der Waals surface area (Å²) in [6.45, 7) is 5.04. The summed E-state index contributed by atoms with van der Waals surface area (Å²) in [5, 5.41) is 10.5. The topological polar surface area (TPSA) is 85.4 Å². The first-order valence-electron chi connectivity index (χ1n) is 10.8. The molecule has 10 heteroatoms. The SMILES string of the molecule is CCCn1c(=O)c2ccccc2n2c(SCC(=O)N(CC)c3nc4ccccc4s3)nnc12. The number of nitrogens with zero attached hydrogens (tertiary/aromatic N) is 6. The van der Waals surface area contributed by atoms with Crippen molar-refractivity contribution in [2.45, 2.75) is 32.0 Å². The summed E-state index contributed by atoms with van der Waals surface area (Å²) in [6.07, 6.45) is 0.801. The molecule has 0 aliphatic rings.